The number of hydrogen-bond acceptors (Lipinski definition) is 7. The molecule has 1 aliphatic rings. The Balaban J connectivity index is 1.67. The molecule has 0 saturated carbocycles. The summed E-state index contributed by atoms with van der Waals surface area (Å²) in [6.07, 6.45) is -0.720. The number of hydrogen-bond donors (Lipinski definition) is 4. The van der Waals surface area contributed by atoms with Crippen LogP contribution in [0.15, 0.2) is 29.8 Å². The Kier molecular flexibility index (Phi) is 8.06. The van der Waals surface area contributed by atoms with Gasteiger partial charge in [-0.2, -0.15) is 0 Å². The van der Waals surface area contributed by atoms with E-state index in [1.165, 1.54) is 4.90 Å². The molecule has 3 rings (SSSR count). The number of likely N-dealkylation sites (tertiary alicyclic amines) is 1. The Morgan fingerprint density at radius 3 is 2.47 bits per heavy atom. The van der Waals surface area contributed by atoms with Crippen LogP contribution in [0.4, 0.5) is 0 Å². The van der Waals surface area contributed by atoms with Gasteiger partial charge in [0.2, 0.25) is 17.7 Å². The predicted octanol–water partition coefficient (Wildman–Crippen LogP) is 1.22. The molecule has 0 bridgehead atoms. The molecule has 10 heteroatoms. The molecule has 1 aromatic heterocycles. The van der Waals surface area contributed by atoms with Gasteiger partial charge in [-0.05, 0) is 23.5 Å². The van der Waals surface area contributed by atoms with Crippen molar-refractivity contribution in [2.45, 2.75) is 58.8 Å². The Labute approximate surface area is 203 Å². The zero-order valence-corrected chi connectivity index (χ0v) is 20.7. The number of thiazole rings is 1. The first-order valence-corrected chi connectivity index (χ1v) is 12.0. The molecular weight excluding hydrogens is 456 g/mol. The molecule has 4 N–H and O–H groups in total. The van der Waals surface area contributed by atoms with Gasteiger partial charge in [0.05, 0.1) is 22.2 Å². The van der Waals surface area contributed by atoms with Crippen LogP contribution in [-0.2, 0) is 20.9 Å². The summed E-state index contributed by atoms with van der Waals surface area (Å²) in [5.41, 5.74) is 4.08. The maximum atomic E-state index is 13.3. The van der Waals surface area contributed by atoms with Crippen LogP contribution in [0.3, 0.4) is 0 Å². The number of aryl methyl sites for hydroxylation is 1. The van der Waals surface area contributed by atoms with Crippen LogP contribution in [0.1, 0.15) is 38.4 Å². The largest absolute Gasteiger partial charge is 0.391 e. The highest BCUT2D eigenvalue weighted by Crippen LogP contribution is 2.28. The first kappa shape index (κ1) is 25.8. The van der Waals surface area contributed by atoms with E-state index in [-0.39, 0.29) is 25.4 Å². The minimum Gasteiger partial charge on any atom is -0.391 e. The number of β-amino-alcohol motifs (C(OH)–C–C–N with tert-alkyl or cyclic N) is 1. The van der Waals surface area contributed by atoms with Crippen molar-refractivity contribution < 1.29 is 24.6 Å². The third kappa shape index (κ3) is 5.99. The molecule has 1 aliphatic heterocycles. The second-order valence-corrected chi connectivity index (χ2v) is 10.5. The third-order valence-electron chi connectivity index (χ3n) is 5.86. The summed E-state index contributed by atoms with van der Waals surface area (Å²) in [5.74, 6) is -1.50. The molecule has 3 atom stereocenters. The van der Waals surface area contributed by atoms with Crippen LogP contribution in [-0.4, -0.2) is 69.2 Å². The Morgan fingerprint density at radius 2 is 1.91 bits per heavy atom. The molecule has 2 aromatic rings. The number of aliphatic hydroxyl groups is 2. The highest BCUT2D eigenvalue weighted by molar-refractivity contribution is 7.13. The lowest BCUT2D eigenvalue weighted by Crippen LogP contribution is -2.58. The van der Waals surface area contributed by atoms with Crippen LogP contribution < -0.4 is 10.6 Å². The quantitative estimate of drug-likeness (QED) is 0.463. The fourth-order valence-corrected chi connectivity index (χ4v) is 4.80. The van der Waals surface area contributed by atoms with Gasteiger partial charge >= 0.3 is 0 Å². The number of aromatic nitrogens is 1. The van der Waals surface area contributed by atoms with Gasteiger partial charge in [0.15, 0.2) is 0 Å². The minimum absolute atomic E-state index is 0.00138. The standard InChI is InChI=1S/C24H32N4O5S/c1-14-20(34-13-26-14)16-7-5-15(6-8-16)10-25-22(32)18-9-17(30)11-28(18)23(33)21(24(2,3)4)27-19(31)12-29/h5-8,13,17-18,21,29-30H,9-12H2,1-4H3,(H,25,32)(H,27,31). The zero-order chi connectivity index (χ0) is 25.0. The van der Waals surface area contributed by atoms with Crippen LogP contribution >= 0.6 is 11.3 Å². The summed E-state index contributed by atoms with van der Waals surface area (Å²) in [4.78, 5) is 44.7. The molecular formula is C24H32N4O5S. The number of aliphatic hydroxyl groups excluding tert-OH is 2. The van der Waals surface area contributed by atoms with E-state index >= 15 is 0 Å². The third-order valence-corrected chi connectivity index (χ3v) is 6.83. The summed E-state index contributed by atoms with van der Waals surface area (Å²) >= 11 is 1.57. The van der Waals surface area contributed by atoms with E-state index in [2.05, 4.69) is 15.6 Å². The molecule has 34 heavy (non-hydrogen) atoms. The molecule has 3 unspecified atom stereocenters. The van der Waals surface area contributed by atoms with E-state index in [0.717, 1.165) is 21.7 Å². The van der Waals surface area contributed by atoms with Gasteiger partial charge in [0, 0.05) is 19.5 Å². The van der Waals surface area contributed by atoms with Crippen LogP contribution in [0.25, 0.3) is 10.4 Å². The highest BCUT2D eigenvalue weighted by atomic mass is 32.1. The lowest BCUT2D eigenvalue weighted by Gasteiger charge is -2.35. The van der Waals surface area contributed by atoms with Crippen molar-refractivity contribution in [2.75, 3.05) is 13.2 Å². The average Bonchev–Trinajstić information content (AvgIpc) is 3.40. The maximum Gasteiger partial charge on any atom is 0.246 e. The Hall–Kier alpha value is -2.82. The molecule has 0 spiro atoms. The fourth-order valence-electron chi connectivity index (χ4n) is 3.99. The predicted molar refractivity (Wildman–Crippen MR) is 129 cm³/mol. The number of rotatable bonds is 7. The van der Waals surface area contributed by atoms with E-state index in [1.54, 1.807) is 37.6 Å². The van der Waals surface area contributed by atoms with E-state index in [9.17, 15) is 19.5 Å². The molecule has 0 radical (unpaired) electrons. The lowest BCUT2D eigenvalue weighted by atomic mass is 9.85. The number of benzene rings is 1. The minimum atomic E-state index is -0.949. The maximum absolute atomic E-state index is 13.3. The fraction of sp³-hybridized carbons (Fsp3) is 0.500. The molecule has 184 valence electrons. The van der Waals surface area contributed by atoms with Crippen molar-refractivity contribution in [1.82, 2.24) is 20.5 Å². The number of nitrogens with one attached hydrogen (secondary N) is 2. The van der Waals surface area contributed by atoms with Crippen molar-refractivity contribution in [3.63, 3.8) is 0 Å². The van der Waals surface area contributed by atoms with Gasteiger partial charge < -0.3 is 25.7 Å². The Bertz CT molecular complexity index is 1030. The Morgan fingerprint density at radius 1 is 1.24 bits per heavy atom. The van der Waals surface area contributed by atoms with Crippen molar-refractivity contribution in [3.8, 4) is 10.4 Å². The SMILES string of the molecule is Cc1ncsc1-c1ccc(CNC(=O)C2CC(O)CN2C(=O)C(NC(=O)CO)C(C)(C)C)cc1. The van der Waals surface area contributed by atoms with Crippen molar-refractivity contribution >= 4 is 29.1 Å². The molecule has 1 aromatic carbocycles. The van der Waals surface area contributed by atoms with Gasteiger partial charge in [0.25, 0.3) is 0 Å². The lowest BCUT2D eigenvalue weighted by molar-refractivity contribution is -0.144. The summed E-state index contributed by atoms with van der Waals surface area (Å²) in [6.45, 7) is 6.85. The van der Waals surface area contributed by atoms with Gasteiger partial charge in [-0.3, -0.25) is 14.4 Å². The summed E-state index contributed by atoms with van der Waals surface area (Å²) in [7, 11) is 0. The van der Waals surface area contributed by atoms with Crippen LogP contribution in [0, 0.1) is 12.3 Å². The van der Waals surface area contributed by atoms with Gasteiger partial charge in [0.1, 0.15) is 18.7 Å². The van der Waals surface area contributed by atoms with Gasteiger partial charge in [-0.25, -0.2) is 4.98 Å². The number of carbonyl (C=O) groups excluding carboxylic acids is 3. The van der Waals surface area contributed by atoms with E-state index in [1.807, 2.05) is 31.2 Å². The number of nitrogens with zero attached hydrogens (tertiary/aromatic N) is 2. The van der Waals surface area contributed by atoms with E-state index in [0.29, 0.717) is 0 Å². The van der Waals surface area contributed by atoms with E-state index in [4.69, 9.17) is 5.11 Å². The van der Waals surface area contributed by atoms with Gasteiger partial charge in [-0.1, -0.05) is 45.0 Å². The second-order valence-electron chi connectivity index (χ2n) is 9.60. The average molecular weight is 489 g/mol. The first-order valence-electron chi connectivity index (χ1n) is 11.2. The highest BCUT2D eigenvalue weighted by Gasteiger charge is 2.44. The van der Waals surface area contributed by atoms with Crippen molar-refractivity contribution in [3.05, 3.63) is 41.0 Å². The van der Waals surface area contributed by atoms with E-state index < -0.39 is 42.0 Å². The number of amides is 3. The first-order chi connectivity index (χ1) is 16.0. The summed E-state index contributed by atoms with van der Waals surface area (Å²) < 4.78 is 0. The van der Waals surface area contributed by atoms with Crippen molar-refractivity contribution in [2.24, 2.45) is 5.41 Å². The monoisotopic (exact) mass is 488 g/mol. The molecule has 1 fully saturated rings. The summed E-state index contributed by atoms with van der Waals surface area (Å²) in [6, 6.07) is 6.03. The molecule has 1 saturated heterocycles. The zero-order valence-electron chi connectivity index (χ0n) is 19.9. The van der Waals surface area contributed by atoms with Crippen molar-refractivity contribution in [1.29, 1.82) is 0 Å². The van der Waals surface area contributed by atoms with Crippen LogP contribution in [0.5, 0.6) is 0 Å². The topological polar surface area (TPSA) is 132 Å². The molecule has 3 amide bonds. The normalized spacial score (nSPS) is 19.1. The second kappa shape index (κ2) is 10.6. The van der Waals surface area contributed by atoms with Crippen LogP contribution in [0.2, 0.25) is 0 Å². The number of carbonyl (C=O) groups is 3. The molecule has 0 aliphatic carbocycles. The van der Waals surface area contributed by atoms with Gasteiger partial charge in [-0.15, -0.1) is 11.3 Å². The molecule has 9 nitrogen and oxygen atoms in total. The molecule has 2 heterocycles. The summed E-state index contributed by atoms with van der Waals surface area (Å²) in [5, 5.41) is 24.7. The smallest absolute Gasteiger partial charge is 0.246 e.